The summed E-state index contributed by atoms with van der Waals surface area (Å²) >= 11 is 0. The number of anilines is 1. The van der Waals surface area contributed by atoms with Crippen LogP contribution in [-0.2, 0) is 14.8 Å². The molecular weight excluding hydrogens is 355 g/mol. The maximum atomic E-state index is 13.5. The lowest BCUT2D eigenvalue weighted by Crippen LogP contribution is -2.48. The van der Waals surface area contributed by atoms with Crippen LogP contribution in [0.3, 0.4) is 0 Å². The number of nitrogens with zero attached hydrogens (tertiary/aromatic N) is 1. The lowest BCUT2D eigenvalue weighted by Gasteiger charge is -2.29. The number of aryl methyl sites for hydroxylation is 1. The zero-order valence-electron chi connectivity index (χ0n) is 15.2. The molecule has 0 aliphatic carbocycles. The van der Waals surface area contributed by atoms with Crippen LogP contribution in [0.1, 0.15) is 31.0 Å². The van der Waals surface area contributed by atoms with E-state index in [2.05, 4.69) is 5.32 Å². The predicted octanol–water partition coefficient (Wildman–Crippen LogP) is 3.17. The van der Waals surface area contributed by atoms with Gasteiger partial charge in [0, 0.05) is 0 Å². The van der Waals surface area contributed by atoms with E-state index in [0.717, 1.165) is 27.8 Å². The molecule has 5 nitrogen and oxygen atoms in total. The highest BCUT2D eigenvalue weighted by Crippen LogP contribution is 2.22. The molecule has 0 aliphatic heterocycles. The van der Waals surface area contributed by atoms with Crippen molar-refractivity contribution in [2.75, 3.05) is 10.6 Å². The molecule has 0 aliphatic rings. The number of carbonyl (C=O) groups excluding carboxylic acids is 1. The Morgan fingerprint density at radius 2 is 1.73 bits per heavy atom. The SMILES string of the molecule is Cc1ccc([C@@H](C)NC(=O)[C@@H](C)N(c2cccc(F)c2)S(C)(=O)=O)cc1. The number of nitrogens with one attached hydrogen (secondary N) is 1. The molecule has 2 aromatic rings. The van der Waals surface area contributed by atoms with Gasteiger partial charge in [0.05, 0.1) is 18.0 Å². The monoisotopic (exact) mass is 378 g/mol. The zero-order chi connectivity index (χ0) is 19.5. The van der Waals surface area contributed by atoms with Crippen LogP contribution in [0.25, 0.3) is 0 Å². The second kappa shape index (κ2) is 7.86. The van der Waals surface area contributed by atoms with Crippen LogP contribution in [-0.4, -0.2) is 26.6 Å². The fourth-order valence-electron chi connectivity index (χ4n) is 2.69. The van der Waals surface area contributed by atoms with Gasteiger partial charge >= 0.3 is 0 Å². The van der Waals surface area contributed by atoms with E-state index in [-0.39, 0.29) is 11.7 Å². The van der Waals surface area contributed by atoms with Gasteiger partial charge in [0.15, 0.2) is 0 Å². The Morgan fingerprint density at radius 1 is 1.12 bits per heavy atom. The Hall–Kier alpha value is -2.41. The molecule has 2 aromatic carbocycles. The van der Waals surface area contributed by atoms with E-state index >= 15 is 0 Å². The minimum Gasteiger partial charge on any atom is -0.348 e. The highest BCUT2D eigenvalue weighted by molar-refractivity contribution is 7.92. The number of halogens is 1. The van der Waals surface area contributed by atoms with Crippen molar-refractivity contribution in [2.24, 2.45) is 0 Å². The van der Waals surface area contributed by atoms with Crippen LogP contribution in [0.5, 0.6) is 0 Å². The fraction of sp³-hybridized carbons (Fsp3) is 0.316. The molecule has 140 valence electrons. The van der Waals surface area contributed by atoms with Crippen molar-refractivity contribution in [2.45, 2.75) is 32.9 Å². The standard InChI is InChI=1S/C19H23FN2O3S/c1-13-8-10-16(11-9-13)14(2)21-19(23)15(3)22(26(4,24)25)18-7-5-6-17(20)12-18/h5-12,14-15H,1-4H3,(H,21,23)/t14-,15-/m1/s1. The molecule has 0 unspecified atom stereocenters. The van der Waals surface area contributed by atoms with Crippen LogP contribution in [0.15, 0.2) is 48.5 Å². The van der Waals surface area contributed by atoms with Crippen LogP contribution >= 0.6 is 0 Å². The summed E-state index contributed by atoms with van der Waals surface area (Å²) in [6, 6.07) is 11.5. The van der Waals surface area contributed by atoms with E-state index in [1.807, 2.05) is 38.1 Å². The summed E-state index contributed by atoms with van der Waals surface area (Å²) in [5.74, 6) is -1.04. The van der Waals surface area contributed by atoms with Crippen molar-refractivity contribution in [3.8, 4) is 0 Å². The maximum absolute atomic E-state index is 13.5. The van der Waals surface area contributed by atoms with Gasteiger partial charge in [-0.2, -0.15) is 0 Å². The van der Waals surface area contributed by atoms with Crippen LogP contribution in [0, 0.1) is 12.7 Å². The molecule has 0 radical (unpaired) electrons. The van der Waals surface area contributed by atoms with Crippen molar-refractivity contribution in [3.63, 3.8) is 0 Å². The first-order valence-corrected chi connectivity index (χ1v) is 10.1. The summed E-state index contributed by atoms with van der Waals surface area (Å²) in [7, 11) is -3.78. The van der Waals surface area contributed by atoms with Crippen molar-refractivity contribution in [1.82, 2.24) is 5.32 Å². The molecule has 0 heterocycles. The molecule has 0 spiro atoms. The number of rotatable bonds is 6. The largest absolute Gasteiger partial charge is 0.348 e. The van der Waals surface area contributed by atoms with Gasteiger partial charge in [-0.15, -0.1) is 0 Å². The molecule has 1 amide bonds. The number of sulfonamides is 1. The molecule has 0 saturated heterocycles. The Bertz CT molecular complexity index is 882. The number of hydrogen-bond acceptors (Lipinski definition) is 3. The molecular formula is C19H23FN2O3S. The van der Waals surface area contributed by atoms with Gasteiger partial charge in [-0.3, -0.25) is 9.10 Å². The minimum atomic E-state index is -3.78. The van der Waals surface area contributed by atoms with E-state index in [9.17, 15) is 17.6 Å². The molecule has 0 bridgehead atoms. The average molecular weight is 378 g/mol. The lowest BCUT2D eigenvalue weighted by molar-refractivity contribution is -0.122. The van der Waals surface area contributed by atoms with Gasteiger partial charge in [-0.25, -0.2) is 12.8 Å². The second-order valence-corrected chi connectivity index (χ2v) is 8.22. The van der Waals surface area contributed by atoms with Crippen LogP contribution < -0.4 is 9.62 Å². The van der Waals surface area contributed by atoms with E-state index in [0.29, 0.717) is 0 Å². The zero-order valence-corrected chi connectivity index (χ0v) is 16.0. The topological polar surface area (TPSA) is 66.5 Å². The summed E-state index contributed by atoms with van der Waals surface area (Å²) in [5.41, 5.74) is 2.13. The van der Waals surface area contributed by atoms with Crippen molar-refractivity contribution in [1.29, 1.82) is 0 Å². The first-order chi connectivity index (χ1) is 12.1. The number of hydrogen-bond donors (Lipinski definition) is 1. The molecule has 2 rings (SSSR count). The summed E-state index contributed by atoms with van der Waals surface area (Å²) < 4.78 is 38.9. The third-order valence-electron chi connectivity index (χ3n) is 4.09. The minimum absolute atomic E-state index is 0.109. The molecule has 1 N–H and O–H groups in total. The van der Waals surface area contributed by atoms with Crippen molar-refractivity contribution >= 4 is 21.6 Å². The van der Waals surface area contributed by atoms with E-state index < -0.39 is 27.8 Å². The van der Waals surface area contributed by atoms with Gasteiger partial charge in [0.25, 0.3) is 0 Å². The Kier molecular flexibility index (Phi) is 6.02. The number of amides is 1. The first-order valence-electron chi connectivity index (χ1n) is 8.21. The quantitative estimate of drug-likeness (QED) is 0.840. The lowest BCUT2D eigenvalue weighted by atomic mass is 10.1. The van der Waals surface area contributed by atoms with E-state index in [1.54, 1.807) is 0 Å². The van der Waals surface area contributed by atoms with Gasteiger partial charge < -0.3 is 5.32 Å². The Labute approximate surface area is 153 Å². The van der Waals surface area contributed by atoms with Crippen molar-refractivity contribution < 1.29 is 17.6 Å². The van der Waals surface area contributed by atoms with Gasteiger partial charge in [0.2, 0.25) is 15.9 Å². The Balaban J connectivity index is 2.23. The van der Waals surface area contributed by atoms with Gasteiger partial charge in [-0.05, 0) is 44.5 Å². The Morgan fingerprint density at radius 3 is 2.27 bits per heavy atom. The van der Waals surface area contributed by atoms with Crippen LogP contribution in [0.4, 0.5) is 10.1 Å². The summed E-state index contributed by atoms with van der Waals surface area (Å²) in [6.07, 6.45) is 0.991. The van der Waals surface area contributed by atoms with Crippen LogP contribution in [0.2, 0.25) is 0 Å². The van der Waals surface area contributed by atoms with Crippen molar-refractivity contribution in [3.05, 3.63) is 65.5 Å². The fourth-order valence-corrected chi connectivity index (χ4v) is 3.86. The molecule has 0 aromatic heterocycles. The molecule has 0 fully saturated rings. The predicted molar refractivity (Wildman–Crippen MR) is 101 cm³/mol. The third-order valence-corrected chi connectivity index (χ3v) is 5.33. The van der Waals surface area contributed by atoms with E-state index in [1.165, 1.54) is 25.1 Å². The summed E-state index contributed by atoms with van der Waals surface area (Å²) in [6.45, 7) is 5.27. The van der Waals surface area contributed by atoms with E-state index in [4.69, 9.17) is 0 Å². The van der Waals surface area contributed by atoms with Gasteiger partial charge in [-0.1, -0.05) is 35.9 Å². The molecule has 0 saturated carbocycles. The second-order valence-electron chi connectivity index (χ2n) is 6.36. The summed E-state index contributed by atoms with van der Waals surface area (Å²) in [4.78, 5) is 12.6. The number of carbonyl (C=O) groups is 1. The third kappa shape index (κ3) is 4.82. The molecule has 2 atom stereocenters. The molecule has 7 heteroatoms. The highest BCUT2D eigenvalue weighted by atomic mass is 32.2. The van der Waals surface area contributed by atoms with Gasteiger partial charge in [0.1, 0.15) is 11.9 Å². The smallest absolute Gasteiger partial charge is 0.244 e. The highest BCUT2D eigenvalue weighted by Gasteiger charge is 2.30. The first kappa shape index (κ1) is 19.9. The normalized spacial score (nSPS) is 13.7. The summed E-state index contributed by atoms with van der Waals surface area (Å²) in [5, 5.41) is 2.81. The average Bonchev–Trinajstić information content (AvgIpc) is 2.54. The number of benzene rings is 2. The molecule has 26 heavy (non-hydrogen) atoms. The maximum Gasteiger partial charge on any atom is 0.244 e.